The number of amides is 1. The highest BCUT2D eigenvalue weighted by Crippen LogP contribution is 2.42. The van der Waals surface area contributed by atoms with Crippen LogP contribution in [0.5, 0.6) is 0 Å². The lowest BCUT2D eigenvalue weighted by atomic mass is 10.0. The number of hydrogen-bond donors (Lipinski definition) is 1. The number of nitrogens with zero attached hydrogens (tertiary/aromatic N) is 3. The van der Waals surface area contributed by atoms with E-state index in [0.29, 0.717) is 6.54 Å². The molecule has 120 valence electrons. The van der Waals surface area contributed by atoms with Gasteiger partial charge in [0.15, 0.2) is 0 Å². The summed E-state index contributed by atoms with van der Waals surface area (Å²) in [6.07, 6.45) is 6.41. The quantitative estimate of drug-likeness (QED) is 0.494. The molecule has 1 aliphatic rings. The lowest BCUT2D eigenvalue weighted by Gasteiger charge is -2.27. The summed E-state index contributed by atoms with van der Waals surface area (Å²) in [5, 5.41) is 7.04. The van der Waals surface area contributed by atoms with Gasteiger partial charge < -0.3 is 9.74 Å². The zero-order chi connectivity index (χ0) is 16.2. The highest BCUT2D eigenvalue weighted by atomic mass is 32.2. The van der Waals surface area contributed by atoms with E-state index >= 15 is 0 Å². The van der Waals surface area contributed by atoms with E-state index in [9.17, 15) is 4.79 Å². The molecular formula is C16H18N4OS2. The number of thioether (sulfide) groups is 1. The number of carbonyl (C=O) groups excluding carboxylic acids is 1. The maximum Gasteiger partial charge on any atom is 0.256 e. The largest absolute Gasteiger partial charge is 0.338 e. The number of hydrogen-bond acceptors (Lipinski definition) is 4. The molecular weight excluding hydrogens is 328 g/mol. The topological polar surface area (TPSA) is 53.4 Å². The Morgan fingerprint density at radius 2 is 2.39 bits per heavy atom. The Kier molecular flexibility index (Phi) is 5.03. The summed E-state index contributed by atoms with van der Waals surface area (Å²) in [7, 11) is 0. The van der Waals surface area contributed by atoms with Crippen molar-refractivity contribution in [1.29, 1.82) is 0 Å². The standard InChI is InChI=1S/C16H18N4OS2/c1-17-7-3-4-9-20-10-6-11-13(15(20)21)16(22-2)23-14(11)12-5-8-18-19-12/h5,8H,3-4,6-7,9-10H2,2H3,(H,18,19). The van der Waals surface area contributed by atoms with Gasteiger partial charge in [-0.1, -0.05) is 0 Å². The molecule has 2 aromatic heterocycles. The van der Waals surface area contributed by atoms with Gasteiger partial charge >= 0.3 is 0 Å². The molecule has 0 radical (unpaired) electrons. The maximum absolute atomic E-state index is 12.9. The van der Waals surface area contributed by atoms with Gasteiger partial charge in [0.05, 0.1) is 20.3 Å². The molecule has 1 N–H and O–H groups in total. The fraction of sp³-hybridized carbons (Fsp3) is 0.438. The second kappa shape index (κ2) is 7.20. The van der Waals surface area contributed by atoms with Crippen LogP contribution in [-0.2, 0) is 6.42 Å². The summed E-state index contributed by atoms with van der Waals surface area (Å²) >= 11 is 3.31. The minimum atomic E-state index is 0.139. The number of aromatic nitrogens is 2. The van der Waals surface area contributed by atoms with E-state index in [1.54, 1.807) is 29.3 Å². The van der Waals surface area contributed by atoms with Crippen LogP contribution in [0.2, 0.25) is 0 Å². The molecule has 0 spiro atoms. The Bertz CT molecular complexity index is 730. The Morgan fingerprint density at radius 3 is 3.09 bits per heavy atom. The number of unbranched alkanes of at least 4 members (excludes halogenated alkanes) is 1. The Balaban J connectivity index is 1.85. The van der Waals surface area contributed by atoms with Crippen LogP contribution in [0.25, 0.3) is 15.4 Å². The van der Waals surface area contributed by atoms with Crippen LogP contribution in [0.1, 0.15) is 28.8 Å². The summed E-state index contributed by atoms with van der Waals surface area (Å²) in [5.41, 5.74) is 3.03. The fourth-order valence-electron chi connectivity index (χ4n) is 2.85. The van der Waals surface area contributed by atoms with Gasteiger partial charge in [-0.25, -0.2) is 6.57 Å². The summed E-state index contributed by atoms with van der Waals surface area (Å²) < 4.78 is 1.08. The molecule has 0 saturated heterocycles. The minimum Gasteiger partial charge on any atom is -0.338 e. The van der Waals surface area contributed by atoms with Crippen molar-refractivity contribution < 1.29 is 4.79 Å². The zero-order valence-electron chi connectivity index (χ0n) is 13.0. The number of rotatable bonds is 6. The van der Waals surface area contributed by atoms with Crippen molar-refractivity contribution in [3.8, 4) is 10.6 Å². The van der Waals surface area contributed by atoms with E-state index < -0.39 is 0 Å². The molecule has 0 aromatic carbocycles. The number of thiophene rings is 1. The summed E-state index contributed by atoms with van der Waals surface area (Å²) in [6, 6.07) is 1.96. The number of aromatic amines is 1. The van der Waals surface area contributed by atoms with Crippen molar-refractivity contribution in [2.45, 2.75) is 23.5 Å². The Morgan fingerprint density at radius 1 is 1.52 bits per heavy atom. The molecule has 3 heterocycles. The average Bonchev–Trinajstić information content (AvgIpc) is 3.20. The van der Waals surface area contributed by atoms with Gasteiger partial charge in [0.2, 0.25) is 6.54 Å². The van der Waals surface area contributed by atoms with Crippen molar-refractivity contribution in [1.82, 2.24) is 15.1 Å². The molecule has 0 atom stereocenters. The zero-order valence-corrected chi connectivity index (χ0v) is 14.6. The van der Waals surface area contributed by atoms with Gasteiger partial charge in [-0.15, -0.1) is 23.1 Å². The van der Waals surface area contributed by atoms with Crippen LogP contribution < -0.4 is 0 Å². The Labute approximate surface area is 143 Å². The Hall–Kier alpha value is -1.78. The smallest absolute Gasteiger partial charge is 0.256 e. The molecule has 2 aromatic rings. The van der Waals surface area contributed by atoms with Gasteiger partial charge in [-0.2, -0.15) is 5.10 Å². The van der Waals surface area contributed by atoms with Crippen LogP contribution in [0.4, 0.5) is 0 Å². The summed E-state index contributed by atoms with van der Waals surface area (Å²) in [6.45, 7) is 8.87. The normalized spacial score (nSPS) is 13.9. The first kappa shape index (κ1) is 16.1. The van der Waals surface area contributed by atoms with Crippen LogP contribution in [-0.4, -0.2) is 46.9 Å². The number of carbonyl (C=O) groups is 1. The molecule has 7 heteroatoms. The third kappa shape index (κ3) is 3.14. The lowest BCUT2D eigenvalue weighted by molar-refractivity contribution is 0.0735. The van der Waals surface area contributed by atoms with E-state index in [0.717, 1.165) is 58.3 Å². The molecule has 23 heavy (non-hydrogen) atoms. The van der Waals surface area contributed by atoms with Crippen molar-refractivity contribution >= 4 is 29.0 Å². The molecule has 3 rings (SSSR count). The van der Waals surface area contributed by atoms with E-state index in [1.807, 2.05) is 17.2 Å². The lowest BCUT2D eigenvalue weighted by Crippen LogP contribution is -2.38. The van der Waals surface area contributed by atoms with Gasteiger partial charge in [-0.3, -0.25) is 9.89 Å². The fourth-order valence-corrected chi connectivity index (χ4v) is 4.90. The molecule has 1 aliphatic heterocycles. The second-order valence-electron chi connectivity index (χ2n) is 5.38. The number of nitrogens with one attached hydrogen (secondary N) is 1. The molecule has 0 unspecified atom stereocenters. The average molecular weight is 346 g/mol. The maximum atomic E-state index is 12.9. The second-order valence-corrected chi connectivity index (χ2v) is 7.47. The van der Waals surface area contributed by atoms with Crippen molar-refractivity contribution in [3.63, 3.8) is 0 Å². The molecule has 1 amide bonds. The third-order valence-corrected chi connectivity index (χ3v) is 6.37. The highest BCUT2D eigenvalue weighted by molar-refractivity contribution is 8.00. The first-order chi connectivity index (χ1) is 11.3. The van der Waals surface area contributed by atoms with E-state index in [-0.39, 0.29) is 5.91 Å². The van der Waals surface area contributed by atoms with Crippen LogP contribution in [0.15, 0.2) is 16.5 Å². The molecule has 0 saturated carbocycles. The van der Waals surface area contributed by atoms with Gasteiger partial charge in [0.25, 0.3) is 5.91 Å². The molecule has 5 nitrogen and oxygen atoms in total. The summed E-state index contributed by atoms with van der Waals surface area (Å²) in [5.74, 6) is 0.139. The van der Waals surface area contributed by atoms with Crippen molar-refractivity contribution in [3.05, 3.63) is 34.8 Å². The minimum absolute atomic E-state index is 0.139. The monoisotopic (exact) mass is 346 g/mol. The first-order valence-corrected chi connectivity index (χ1v) is 9.62. The molecule has 0 aliphatic carbocycles. The van der Waals surface area contributed by atoms with Gasteiger partial charge in [0, 0.05) is 25.7 Å². The third-order valence-electron chi connectivity index (χ3n) is 3.99. The van der Waals surface area contributed by atoms with E-state index in [2.05, 4.69) is 15.0 Å². The van der Waals surface area contributed by atoms with Crippen LogP contribution in [0, 0.1) is 6.57 Å². The van der Waals surface area contributed by atoms with Crippen LogP contribution in [0.3, 0.4) is 0 Å². The van der Waals surface area contributed by atoms with Gasteiger partial charge in [0.1, 0.15) is 0 Å². The van der Waals surface area contributed by atoms with Crippen molar-refractivity contribution in [2.24, 2.45) is 0 Å². The predicted molar refractivity (Wildman–Crippen MR) is 94.0 cm³/mol. The van der Waals surface area contributed by atoms with Crippen molar-refractivity contribution in [2.75, 3.05) is 25.9 Å². The van der Waals surface area contributed by atoms with E-state index in [1.165, 1.54) is 0 Å². The summed E-state index contributed by atoms with van der Waals surface area (Å²) in [4.78, 5) is 19.3. The molecule has 0 fully saturated rings. The number of H-pyrrole nitrogens is 1. The number of fused-ring (bicyclic) bond motifs is 1. The SMILES string of the molecule is [C-]#[N+]CCCCN1CCc2c(-c3ccn[nH]3)sc(SC)c2C1=O. The predicted octanol–water partition coefficient (Wildman–Crippen LogP) is 3.56. The van der Waals surface area contributed by atoms with E-state index in [4.69, 9.17) is 6.57 Å². The highest BCUT2D eigenvalue weighted by Gasteiger charge is 2.31. The molecule has 0 bridgehead atoms. The first-order valence-electron chi connectivity index (χ1n) is 7.58. The van der Waals surface area contributed by atoms with Gasteiger partial charge in [-0.05, 0) is 30.7 Å². The van der Waals surface area contributed by atoms with Crippen LogP contribution >= 0.6 is 23.1 Å².